The first kappa shape index (κ1) is 23.6. The van der Waals surface area contributed by atoms with E-state index in [1.54, 1.807) is 47.4 Å². The first-order chi connectivity index (χ1) is 17.4. The lowest BCUT2D eigenvalue weighted by molar-refractivity contribution is -0.131. The fraction of sp³-hybridized carbons (Fsp3) is 0.167. The Morgan fingerprint density at radius 2 is 1.58 bits per heavy atom. The average Bonchev–Trinajstić information content (AvgIpc) is 2.88. The topological polar surface area (TPSA) is 81.0 Å². The number of para-hydroxylation sites is 1. The second-order valence-electron chi connectivity index (χ2n) is 9.03. The highest BCUT2D eigenvalue weighted by molar-refractivity contribution is 6.04. The molecule has 5 nitrogen and oxygen atoms in total. The number of halogens is 1. The molecule has 5 rings (SSSR count). The van der Waals surface area contributed by atoms with Crippen LogP contribution in [0.1, 0.15) is 36.1 Å². The number of amides is 1. The second kappa shape index (κ2) is 9.84. The summed E-state index contributed by atoms with van der Waals surface area (Å²) in [5.41, 5.74) is 3.33. The minimum atomic E-state index is -0.847. The van der Waals surface area contributed by atoms with E-state index < -0.39 is 18.1 Å². The Balaban J connectivity index is 1.52. The number of β-lactam (4-membered cyclic amide) rings is 1. The third-order valence-corrected chi connectivity index (χ3v) is 6.79. The number of rotatable bonds is 7. The van der Waals surface area contributed by atoms with Crippen molar-refractivity contribution < 1.29 is 24.5 Å². The van der Waals surface area contributed by atoms with E-state index in [4.69, 9.17) is 0 Å². The van der Waals surface area contributed by atoms with Crippen molar-refractivity contribution in [3.8, 4) is 22.6 Å². The summed E-state index contributed by atoms with van der Waals surface area (Å²) in [6, 6.07) is 26.5. The van der Waals surface area contributed by atoms with E-state index in [1.165, 1.54) is 12.1 Å². The van der Waals surface area contributed by atoms with Gasteiger partial charge in [0.05, 0.1) is 18.1 Å². The summed E-state index contributed by atoms with van der Waals surface area (Å²) < 4.78 is 13.3. The predicted octanol–water partition coefficient (Wildman–Crippen LogP) is 6.12. The molecule has 182 valence electrons. The van der Waals surface area contributed by atoms with E-state index >= 15 is 0 Å². The van der Waals surface area contributed by atoms with Crippen molar-refractivity contribution in [2.24, 2.45) is 5.92 Å². The molecule has 0 radical (unpaired) electrons. The highest BCUT2D eigenvalue weighted by atomic mass is 19.1. The zero-order valence-electron chi connectivity index (χ0n) is 19.5. The first-order valence-corrected chi connectivity index (χ1v) is 11.9. The van der Waals surface area contributed by atoms with Gasteiger partial charge in [0.25, 0.3) is 0 Å². The number of phenolic OH excluding ortho intramolecular Hbond substituents is 2. The summed E-state index contributed by atoms with van der Waals surface area (Å²) in [4.78, 5) is 15.1. The maximum atomic E-state index is 13.4. The Bertz CT molecular complexity index is 1370. The highest BCUT2D eigenvalue weighted by Gasteiger charge is 2.50. The number of carbonyl (C=O) groups excluding carboxylic acids is 1. The second-order valence-corrected chi connectivity index (χ2v) is 9.03. The molecule has 1 heterocycles. The van der Waals surface area contributed by atoms with Crippen LogP contribution < -0.4 is 4.90 Å². The average molecular weight is 484 g/mol. The number of aromatic hydroxyl groups is 2. The third-order valence-electron chi connectivity index (χ3n) is 6.79. The quantitative estimate of drug-likeness (QED) is 0.277. The number of nitrogens with zero attached hydrogens (tertiary/aromatic N) is 1. The van der Waals surface area contributed by atoms with Gasteiger partial charge in [-0.25, -0.2) is 4.39 Å². The third kappa shape index (κ3) is 4.43. The molecule has 1 amide bonds. The zero-order valence-corrected chi connectivity index (χ0v) is 19.5. The van der Waals surface area contributed by atoms with E-state index in [0.29, 0.717) is 35.2 Å². The zero-order chi connectivity index (χ0) is 25.2. The van der Waals surface area contributed by atoms with Crippen molar-refractivity contribution >= 4 is 11.6 Å². The molecule has 4 aromatic rings. The molecule has 1 saturated heterocycles. The molecule has 0 spiro atoms. The van der Waals surface area contributed by atoms with Gasteiger partial charge in [-0.1, -0.05) is 54.6 Å². The lowest BCUT2D eigenvalue weighted by atomic mass is 9.75. The van der Waals surface area contributed by atoms with Gasteiger partial charge in [0.15, 0.2) is 0 Å². The van der Waals surface area contributed by atoms with Crippen molar-refractivity contribution in [3.63, 3.8) is 0 Å². The fourth-order valence-electron chi connectivity index (χ4n) is 5.01. The molecule has 36 heavy (non-hydrogen) atoms. The fourth-order valence-corrected chi connectivity index (χ4v) is 5.01. The molecule has 1 fully saturated rings. The molecular formula is C30H26FNO4. The van der Waals surface area contributed by atoms with Crippen LogP contribution >= 0.6 is 0 Å². The molecule has 1 aliphatic rings. The van der Waals surface area contributed by atoms with Gasteiger partial charge in [-0.3, -0.25) is 4.79 Å². The van der Waals surface area contributed by atoms with Gasteiger partial charge in [0, 0.05) is 11.3 Å². The number of carbonyl (C=O) groups is 1. The molecule has 1 aliphatic heterocycles. The van der Waals surface area contributed by atoms with Crippen LogP contribution in [-0.4, -0.2) is 21.2 Å². The number of aliphatic hydroxyl groups excluding tert-OH is 1. The number of phenols is 2. The molecule has 3 atom stereocenters. The Labute approximate surface area is 208 Å². The first-order valence-electron chi connectivity index (χ1n) is 11.9. The number of benzene rings is 4. The van der Waals surface area contributed by atoms with Crippen LogP contribution in [0.2, 0.25) is 0 Å². The normalized spacial score (nSPS) is 18.1. The molecule has 6 heteroatoms. The largest absolute Gasteiger partial charge is 0.508 e. The van der Waals surface area contributed by atoms with Crippen molar-refractivity contribution in [3.05, 3.63) is 114 Å². The highest BCUT2D eigenvalue weighted by Crippen LogP contribution is 2.51. The van der Waals surface area contributed by atoms with Crippen molar-refractivity contribution in [1.82, 2.24) is 0 Å². The van der Waals surface area contributed by atoms with Crippen molar-refractivity contribution in [2.75, 3.05) is 4.90 Å². The lowest BCUT2D eigenvalue weighted by Crippen LogP contribution is -2.55. The van der Waals surface area contributed by atoms with E-state index in [1.807, 2.05) is 42.5 Å². The lowest BCUT2D eigenvalue weighted by Gasteiger charge is -2.48. The maximum absolute atomic E-state index is 13.4. The Hall–Kier alpha value is -4.16. The minimum absolute atomic E-state index is 0.0540. The predicted molar refractivity (Wildman–Crippen MR) is 136 cm³/mol. The van der Waals surface area contributed by atoms with Gasteiger partial charge in [-0.15, -0.1) is 0 Å². The molecule has 0 bridgehead atoms. The van der Waals surface area contributed by atoms with Gasteiger partial charge in [-0.2, -0.15) is 0 Å². The smallest absolute Gasteiger partial charge is 0.233 e. The molecule has 4 aromatic carbocycles. The van der Waals surface area contributed by atoms with Crippen LogP contribution in [-0.2, 0) is 4.79 Å². The van der Waals surface area contributed by atoms with E-state index in [9.17, 15) is 24.5 Å². The summed E-state index contributed by atoms with van der Waals surface area (Å²) >= 11 is 0. The van der Waals surface area contributed by atoms with E-state index in [0.717, 1.165) is 5.56 Å². The van der Waals surface area contributed by atoms with Crippen LogP contribution in [0.5, 0.6) is 11.5 Å². The molecule has 0 saturated carbocycles. The van der Waals surface area contributed by atoms with Crippen molar-refractivity contribution in [1.29, 1.82) is 0 Å². The summed E-state index contributed by atoms with van der Waals surface area (Å²) in [5.74, 6) is -0.797. The van der Waals surface area contributed by atoms with Crippen LogP contribution in [0.25, 0.3) is 11.1 Å². The molecular weight excluding hydrogens is 457 g/mol. The van der Waals surface area contributed by atoms with Gasteiger partial charge in [0.1, 0.15) is 17.3 Å². The molecule has 0 aliphatic carbocycles. The van der Waals surface area contributed by atoms with Gasteiger partial charge in [-0.05, 0) is 72.0 Å². The van der Waals surface area contributed by atoms with Crippen LogP contribution in [0, 0.1) is 11.7 Å². The SMILES string of the molecule is O=C1[C@H](CC[C@H](O)c2ccc(F)cc2)[C@@H](c2c(O)cccc2-c2cccc(O)c2)N1c1ccccc1. The molecule has 0 unspecified atom stereocenters. The summed E-state index contributed by atoms with van der Waals surface area (Å²) in [7, 11) is 0. The maximum Gasteiger partial charge on any atom is 0.233 e. The van der Waals surface area contributed by atoms with Gasteiger partial charge >= 0.3 is 0 Å². The van der Waals surface area contributed by atoms with E-state index in [-0.39, 0.29) is 23.2 Å². The Morgan fingerprint density at radius 1 is 0.861 bits per heavy atom. The summed E-state index contributed by atoms with van der Waals surface area (Å²) in [6.45, 7) is 0. The standard InChI is InChI=1S/C30H26FNO4/c31-21-14-12-19(13-15-21)26(34)17-16-25-29(32(30(25)36)22-7-2-1-3-8-22)28-24(10-5-11-27(28)35)20-6-4-9-23(33)18-20/h1-15,18,25-26,29,33-35H,16-17H2/t25-,26+,29+/m1/s1. The summed E-state index contributed by atoms with van der Waals surface area (Å²) in [5, 5.41) is 31.8. The number of hydrogen-bond acceptors (Lipinski definition) is 4. The monoisotopic (exact) mass is 483 g/mol. The number of hydrogen-bond donors (Lipinski definition) is 3. The number of aliphatic hydroxyl groups is 1. The minimum Gasteiger partial charge on any atom is -0.508 e. The van der Waals surface area contributed by atoms with Crippen LogP contribution in [0.3, 0.4) is 0 Å². The van der Waals surface area contributed by atoms with Gasteiger partial charge in [0.2, 0.25) is 5.91 Å². The molecule has 3 N–H and O–H groups in total. The van der Waals surface area contributed by atoms with Crippen LogP contribution in [0.4, 0.5) is 10.1 Å². The molecule has 0 aromatic heterocycles. The van der Waals surface area contributed by atoms with Gasteiger partial charge < -0.3 is 20.2 Å². The Morgan fingerprint density at radius 3 is 2.31 bits per heavy atom. The van der Waals surface area contributed by atoms with E-state index in [2.05, 4.69) is 0 Å². The Kier molecular flexibility index (Phi) is 6.44. The number of anilines is 1. The van der Waals surface area contributed by atoms with Crippen molar-refractivity contribution in [2.45, 2.75) is 25.0 Å². The van der Waals surface area contributed by atoms with Crippen LogP contribution in [0.15, 0.2) is 97.1 Å². The summed E-state index contributed by atoms with van der Waals surface area (Å²) in [6.07, 6.45) is -0.171.